The minimum absolute atomic E-state index is 0.333. The minimum Gasteiger partial charge on any atom is -0.480 e. The van der Waals surface area contributed by atoms with Crippen LogP contribution >= 0.6 is 11.3 Å². The van der Waals surface area contributed by atoms with Crippen LogP contribution in [0.3, 0.4) is 0 Å². The van der Waals surface area contributed by atoms with Crippen LogP contribution < -0.4 is 11.2 Å². The second-order valence-electron chi connectivity index (χ2n) is 2.20. The van der Waals surface area contributed by atoms with E-state index in [0.29, 0.717) is 10.8 Å². The Morgan fingerprint density at radius 3 is 3.00 bits per heavy atom. The van der Waals surface area contributed by atoms with Gasteiger partial charge in [0, 0.05) is 5.38 Å². The summed E-state index contributed by atoms with van der Waals surface area (Å²) >= 11 is 1.18. The lowest BCUT2D eigenvalue weighted by Crippen LogP contribution is -2.27. The molecule has 6 nitrogen and oxygen atoms in total. The van der Waals surface area contributed by atoms with Gasteiger partial charge in [-0.05, 0) is 0 Å². The summed E-state index contributed by atoms with van der Waals surface area (Å²) in [6.45, 7) is 0. The van der Waals surface area contributed by atoms with Crippen molar-refractivity contribution in [1.29, 1.82) is 0 Å². The number of carboxylic acids is 1. The average Bonchev–Trinajstić information content (AvgIpc) is 2.46. The molecule has 0 aliphatic rings. The highest BCUT2D eigenvalue weighted by molar-refractivity contribution is 7.13. The molecule has 1 aromatic rings. The summed E-state index contributed by atoms with van der Waals surface area (Å²) < 4.78 is 0. The number of carbonyl (C=O) groups is 1. The molecule has 0 aliphatic carbocycles. The van der Waals surface area contributed by atoms with Crippen LogP contribution in [0.4, 0.5) is 5.13 Å². The number of thiazole rings is 1. The molecule has 0 aromatic carbocycles. The zero-order valence-corrected chi connectivity index (χ0v) is 7.67. The Morgan fingerprint density at radius 1 is 1.92 bits per heavy atom. The van der Waals surface area contributed by atoms with Crippen LogP contribution in [0, 0.1) is 0 Å². The predicted octanol–water partition coefficient (Wildman–Crippen LogP) is 0.00200. The van der Waals surface area contributed by atoms with Crippen molar-refractivity contribution in [2.75, 3.05) is 12.8 Å². The minimum atomic E-state index is -1.06. The third-order valence-corrected chi connectivity index (χ3v) is 2.01. The fourth-order valence-electron chi connectivity index (χ4n) is 0.788. The topological polar surface area (TPSA) is 97.5 Å². The molecular weight excluding hydrogens is 194 g/mol. The molecule has 1 aromatic heterocycles. The van der Waals surface area contributed by atoms with Crippen LogP contribution in [0.2, 0.25) is 0 Å². The highest BCUT2D eigenvalue weighted by atomic mass is 32.1. The van der Waals surface area contributed by atoms with Crippen molar-refractivity contribution >= 4 is 22.4 Å². The molecule has 7 heteroatoms. The molecule has 0 bridgehead atoms. The Morgan fingerprint density at radius 2 is 2.62 bits per heavy atom. The van der Waals surface area contributed by atoms with Gasteiger partial charge in [-0.25, -0.2) is 4.98 Å². The summed E-state index contributed by atoms with van der Waals surface area (Å²) in [5.41, 5.74) is 8.00. The zero-order valence-electron chi connectivity index (χ0n) is 6.85. The number of nitrogens with one attached hydrogen (secondary N) is 1. The Balaban J connectivity index is 2.81. The van der Waals surface area contributed by atoms with Crippen LogP contribution in [0.5, 0.6) is 0 Å². The first-order valence-corrected chi connectivity index (χ1v) is 4.25. The monoisotopic (exact) mass is 203 g/mol. The molecule has 1 rings (SSSR count). The van der Waals surface area contributed by atoms with E-state index >= 15 is 0 Å². The van der Waals surface area contributed by atoms with Gasteiger partial charge in [0.25, 0.3) is 0 Å². The Kier molecular flexibility index (Phi) is 3.18. The van der Waals surface area contributed by atoms with Gasteiger partial charge >= 0.3 is 5.97 Å². The van der Waals surface area contributed by atoms with E-state index < -0.39 is 12.0 Å². The highest BCUT2D eigenvalue weighted by Crippen LogP contribution is 2.18. The van der Waals surface area contributed by atoms with Crippen LogP contribution in [0.15, 0.2) is 5.38 Å². The summed E-state index contributed by atoms with van der Waals surface area (Å²) in [7, 11) is 1.34. The van der Waals surface area contributed by atoms with Gasteiger partial charge in [-0.1, -0.05) is 0 Å². The standard InChI is InChI=1S/C6H9N3O3S/c1-12-9-4(5(10)11)3-2-13-6(7)8-3/h2,4,9H,1H3,(H2,7,8)(H,10,11)/t4-/m0/s1. The van der Waals surface area contributed by atoms with Gasteiger partial charge in [0.15, 0.2) is 11.2 Å². The maximum Gasteiger partial charge on any atom is 0.329 e. The molecule has 13 heavy (non-hydrogen) atoms. The normalized spacial score (nSPS) is 12.7. The van der Waals surface area contributed by atoms with Gasteiger partial charge in [-0.15, -0.1) is 11.3 Å². The number of carboxylic acid groups (broad SMARTS) is 1. The third-order valence-electron chi connectivity index (χ3n) is 1.32. The maximum absolute atomic E-state index is 10.7. The average molecular weight is 203 g/mol. The summed E-state index contributed by atoms with van der Waals surface area (Å²) in [6.07, 6.45) is 0. The highest BCUT2D eigenvalue weighted by Gasteiger charge is 2.21. The number of nitrogens with two attached hydrogens (primary N) is 1. The van der Waals surface area contributed by atoms with Crippen molar-refractivity contribution in [2.24, 2.45) is 0 Å². The SMILES string of the molecule is CON[C@H](C(=O)O)c1csc(N)n1. The van der Waals surface area contributed by atoms with Gasteiger partial charge in [0.05, 0.1) is 12.8 Å². The van der Waals surface area contributed by atoms with Crippen LogP contribution in [-0.2, 0) is 9.63 Å². The van der Waals surface area contributed by atoms with E-state index in [4.69, 9.17) is 10.8 Å². The Labute approximate surface area is 78.3 Å². The number of aliphatic carboxylic acids is 1. The fraction of sp³-hybridized carbons (Fsp3) is 0.333. The van der Waals surface area contributed by atoms with Crippen molar-refractivity contribution in [3.8, 4) is 0 Å². The summed E-state index contributed by atoms with van der Waals surface area (Å²) in [5, 5.41) is 10.7. The number of hydroxylamine groups is 1. The number of anilines is 1. The van der Waals surface area contributed by atoms with E-state index in [1.54, 1.807) is 5.38 Å². The number of nitrogens with zero attached hydrogens (tertiary/aromatic N) is 1. The number of rotatable bonds is 4. The smallest absolute Gasteiger partial charge is 0.329 e. The maximum atomic E-state index is 10.7. The van der Waals surface area contributed by atoms with E-state index in [1.165, 1.54) is 18.4 Å². The quantitative estimate of drug-likeness (QED) is 0.596. The molecular formula is C6H9N3O3S. The lowest BCUT2D eigenvalue weighted by atomic mass is 10.2. The number of nitrogen functional groups attached to an aromatic ring is 1. The van der Waals surface area contributed by atoms with E-state index in [2.05, 4.69) is 15.3 Å². The van der Waals surface area contributed by atoms with Gasteiger partial charge in [0.2, 0.25) is 0 Å². The number of aromatic nitrogens is 1. The first kappa shape index (κ1) is 9.90. The number of hydrogen-bond acceptors (Lipinski definition) is 6. The van der Waals surface area contributed by atoms with E-state index in [-0.39, 0.29) is 0 Å². The molecule has 1 atom stereocenters. The third kappa shape index (κ3) is 2.38. The molecule has 0 unspecified atom stereocenters. The van der Waals surface area contributed by atoms with Crippen LogP contribution in [-0.4, -0.2) is 23.2 Å². The molecule has 0 spiro atoms. The lowest BCUT2D eigenvalue weighted by molar-refractivity contribution is -0.143. The largest absolute Gasteiger partial charge is 0.480 e. The van der Waals surface area contributed by atoms with Crippen molar-refractivity contribution in [2.45, 2.75) is 6.04 Å². The Hall–Kier alpha value is -1.18. The second kappa shape index (κ2) is 4.17. The number of hydrogen-bond donors (Lipinski definition) is 3. The van der Waals surface area contributed by atoms with Crippen molar-refractivity contribution in [3.63, 3.8) is 0 Å². The molecule has 0 amide bonds. The lowest BCUT2D eigenvalue weighted by Gasteiger charge is -2.08. The van der Waals surface area contributed by atoms with Gasteiger partial charge < -0.3 is 15.7 Å². The molecule has 72 valence electrons. The molecule has 0 aliphatic heterocycles. The van der Waals surface area contributed by atoms with Crippen molar-refractivity contribution < 1.29 is 14.7 Å². The van der Waals surface area contributed by atoms with Crippen LogP contribution in [0.25, 0.3) is 0 Å². The zero-order chi connectivity index (χ0) is 9.84. The fourth-order valence-corrected chi connectivity index (χ4v) is 1.38. The summed E-state index contributed by atoms with van der Waals surface area (Å²) in [5.74, 6) is -1.06. The van der Waals surface area contributed by atoms with E-state index in [9.17, 15) is 4.79 Å². The molecule has 1 heterocycles. The molecule has 0 radical (unpaired) electrons. The Bertz CT molecular complexity index is 301. The predicted molar refractivity (Wildman–Crippen MR) is 47.0 cm³/mol. The van der Waals surface area contributed by atoms with Crippen molar-refractivity contribution in [3.05, 3.63) is 11.1 Å². The second-order valence-corrected chi connectivity index (χ2v) is 3.09. The molecule has 4 N–H and O–H groups in total. The molecule has 0 saturated heterocycles. The first-order valence-electron chi connectivity index (χ1n) is 3.37. The van der Waals surface area contributed by atoms with Gasteiger partial charge in [0.1, 0.15) is 0 Å². The van der Waals surface area contributed by atoms with E-state index in [0.717, 1.165) is 0 Å². The van der Waals surface area contributed by atoms with Crippen LogP contribution in [0.1, 0.15) is 11.7 Å². The summed E-state index contributed by atoms with van der Waals surface area (Å²) in [6, 6.07) is -0.974. The molecule has 0 saturated carbocycles. The molecule has 0 fully saturated rings. The van der Waals surface area contributed by atoms with Gasteiger partial charge in [-0.3, -0.25) is 4.79 Å². The summed E-state index contributed by atoms with van der Waals surface area (Å²) in [4.78, 5) is 19.0. The first-order chi connectivity index (χ1) is 6.15. The van der Waals surface area contributed by atoms with Gasteiger partial charge in [-0.2, -0.15) is 5.48 Å². The van der Waals surface area contributed by atoms with Crippen molar-refractivity contribution in [1.82, 2.24) is 10.5 Å². The van der Waals surface area contributed by atoms with E-state index in [1.807, 2.05) is 0 Å².